The van der Waals surface area contributed by atoms with Gasteiger partial charge in [-0.05, 0) is 29.4 Å². The molecule has 0 fully saturated rings. The third-order valence-corrected chi connectivity index (χ3v) is 3.91. The largest absolute Gasteiger partial charge is 0.478 e. The molecular formula is C16H16O2S. The molecule has 1 N–H and O–H groups in total. The fourth-order valence-electron chi connectivity index (χ4n) is 1.89. The third-order valence-electron chi connectivity index (χ3n) is 2.88. The Morgan fingerprint density at radius 1 is 1.00 bits per heavy atom. The molecule has 98 valence electrons. The summed E-state index contributed by atoms with van der Waals surface area (Å²) in [6, 6.07) is 17.5. The van der Waals surface area contributed by atoms with E-state index in [1.165, 1.54) is 5.56 Å². The van der Waals surface area contributed by atoms with Crippen molar-refractivity contribution in [2.75, 3.05) is 5.75 Å². The van der Waals surface area contributed by atoms with E-state index in [-0.39, 0.29) is 0 Å². The molecule has 2 aromatic carbocycles. The summed E-state index contributed by atoms with van der Waals surface area (Å²) in [5.74, 6) is 1.05. The molecule has 0 aliphatic carbocycles. The van der Waals surface area contributed by atoms with Gasteiger partial charge < -0.3 is 5.11 Å². The van der Waals surface area contributed by atoms with E-state index in [0.717, 1.165) is 23.5 Å². The zero-order chi connectivity index (χ0) is 13.5. The summed E-state index contributed by atoms with van der Waals surface area (Å²) in [4.78, 5) is 11.1. The first-order valence-electron chi connectivity index (χ1n) is 6.20. The number of thioether (sulfide) groups is 1. The normalized spacial score (nSPS) is 10.3. The topological polar surface area (TPSA) is 37.3 Å². The first-order valence-corrected chi connectivity index (χ1v) is 7.35. The summed E-state index contributed by atoms with van der Waals surface area (Å²) in [7, 11) is 0. The summed E-state index contributed by atoms with van der Waals surface area (Å²) in [5, 5.41) is 9.09. The molecule has 0 heterocycles. The average molecular weight is 272 g/mol. The molecule has 0 saturated carbocycles. The Bertz CT molecular complexity index is 537. The van der Waals surface area contributed by atoms with Crippen LogP contribution in [0.3, 0.4) is 0 Å². The quantitative estimate of drug-likeness (QED) is 0.811. The number of carbonyl (C=O) groups is 1. The van der Waals surface area contributed by atoms with Crippen molar-refractivity contribution >= 4 is 17.7 Å². The Morgan fingerprint density at radius 3 is 2.42 bits per heavy atom. The van der Waals surface area contributed by atoms with Crippen molar-refractivity contribution in [1.29, 1.82) is 0 Å². The maximum atomic E-state index is 11.1. The average Bonchev–Trinajstić information content (AvgIpc) is 2.45. The zero-order valence-corrected chi connectivity index (χ0v) is 11.4. The molecule has 0 atom stereocenters. The van der Waals surface area contributed by atoms with Gasteiger partial charge in [-0.3, -0.25) is 0 Å². The summed E-state index contributed by atoms with van der Waals surface area (Å²) in [6.45, 7) is 0. The standard InChI is InChI=1S/C16H16O2S/c17-16(18)15-9-5-4-8-14(15)10-11-19-12-13-6-2-1-3-7-13/h1-9H,10-12H2,(H,17,18). The highest BCUT2D eigenvalue weighted by atomic mass is 32.2. The van der Waals surface area contributed by atoms with E-state index >= 15 is 0 Å². The van der Waals surface area contributed by atoms with E-state index in [1.54, 1.807) is 12.1 Å². The molecule has 0 unspecified atom stereocenters. The second-order valence-corrected chi connectivity index (χ2v) is 5.36. The van der Waals surface area contributed by atoms with Gasteiger partial charge in [-0.2, -0.15) is 11.8 Å². The lowest BCUT2D eigenvalue weighted by Crippen LogP contribution is -2.03. The lowest BCUT2D eigenvalue weighted by molar-refractivity contribution is 0.0696. The summed E-state index contributed by atoms with van der Waals surface area (Å²) in [6.07, 6.45) is 0.792. The van der Waals surface area contributed by atoms with Gasteiger partial charge in [0, 0.05) is 5.75 Å². The van der Waals surface area contributed by atoms with Crippen LogP contribution in [-0.4, -0.2) is 16.8 Å². The van der Waals surface area contributed by atoms with Crippen LogP contribution in [0.15, 0.2) is 54.6 Å². The third kappa shape index (κ3) is 4.14. The van der Waals surface area contributed by atoms with Gasteiger partial charge >= 0.3 is 5.97 Å². The summed E-state index contributed by atoms with van der Waals surface area (Å²) < 4.78 is 0. The molecule has 19 heavy (non-hydrogen) atoms. The van der Waals surface area contributed by atoms with Crippen LogP contribution >= 0.6 is 11.8 Å². The monoisotopic (exact) mass is 272 g/mol. The van der Waals surface area contributed by atoms with Crippen LogP contribution in [0, 0.1) is 0 Å². The van der Waals surface area contributed by atoms with Gasteiger partial charge in [0.1, 0.15) is 0 Å². The van der Waals surface area contributed by atoms with Crippen molar-refractivity contribution in [3.05, 3.63) is 71.3 Å². The Labute approximate surface area is 117 Å². The van der Waals surface area contributed by atoms with Crippen molar-refractivity contribution in [3.8, 4) is 0 Å². The van der Waals surface area contributed by atoms with Crippen molar-refractivity contribution in [2.24, 2.45) is 0 Å². The van der Waals surface area contributed by atoms with Crippen LogP contribution in [0.5, 0.6) is 0 Å². The summed E-state index contributed by atoms with van der Waals surface area (Å²) >= 11 is 1.83. The molecule has 0 amide bonds. The van der Waals surface area contributed by atoms with Crippen molar-refractivity contribution in [1.82, 2.24) is 0 Å². The highest BCUT2D eigenvalue weighted by molar-refractivity contribution is 7.98. The minimum atomic E-state index is -0.844. The Kier molecular flexibility index (Phi) is 5.04. The maximum Gasteiger partial charge on any atom is 0.335 e. The van der Waals surface area contributed by atoms with Gasteiger partial charge in [0.25, 0.3) is 0 Å². The fraction of sp³-hybridized carbons (Fsp3) is 0.188. The molecule has 0 aliphatic heterocycles. The Morgan fingerprint density at radius 2 is 1.68 bits per heavy atom. The number of hydrogen-bond acceptors (Lipinski definition) is 2. The van der Waals surface area contributed by atoms with Gasteiger partial charge in [-0.15, -0.1) is 0 Å². The lowest BCUT2D eigenvalue weighted by Gasteiger charge is -2.06. The van der Waals surface area contributed by atoms with E-state index in [4.69, 9.17) is 5.11 Å². The van der Waals surface area contributed by atoms with Gasteiger partial charge in [-0.25, -0.2) is 4.79 Å². The highest BCUT2D eigenvalue weighted by Gasteiger charge is 2.08. The molecule has 2 nitrogen and oxygen atoms in total. The molecule has 0 aromatic heterocycles. The van der Waals surface area contributed by atoms with E-state index in [0.29, 0.717) is 5.56 Å². The SMILES string of the molecule is O=C(O)c1ccccc1CCSCc1ccccc1. The zero-order valence-electron chi connectivity index (χ0n) is 10.6. The number of carboxylic acid groups (broad SMARTS) is 1. The van der Waals surface area contributed by atoms with E-state index in [1.807, 2.05) is 42.1 Å². The number of aromatic carboxylic acids is 1. The molecule has 0 radical (unpaired) electrons. The molecule has 0 aliphatic rings. The first kappa shape index (κ1) is 13.7. The predicted molar refractivity (Wildman–Crippen MR) is 79.7 cm³/mol. The second-order valence-electron chi connectivity index (χ2n) is 4.25. The minimum absolute atomic E-state index is 0.419. The molecule has 2 rings (SSSR count). The number of aryl methyl sites for hydroxylation is 1. The Hall–Kier alpha value is -1.74. The number of hydrogen-bond donors (Lipinski definition) is 1. The van der Waals surface area contributed by atoms with E-state index < -0.39 is 5.97 Å². The van der Waals surface area contributed by atoms with Crippen molar-refractivity contribution in [3.63, 3.8) is 0 Å². The lowest BCUT2D eigenvalue weighted by atomic mass is 10.1. The molecule has 3 heteroatoms. The van der Waals surface area contributed by atoms with Gasteiger partial charge in [0.2, 0.25) is 0 Å². The van der Waals surface area contributed by atoms with Crippen LogP contribution in [0.1, 0.15) is 21.5 Å². The molecule has 2 aromatic rings. The van der Waals surface area contributed by atoms with Crippen LogP contribution in [-0.2, 0) is 12.2 Å². The van der Waals surface area contributed by atoms with Crippen molar-refractivity contribution < 1.29 is 9.90 Å². The molecular weight excluding hydrogens is 256 g/mol. The predicted octanol–water partition coefficient (Wildman–Crippen LogP) is 3.86. The van der Waals surface area contributed by atoms with Crippen LogP contribution in [0.25, 0.3) is 0 Å². The molecule has 0 spiro atoms. The first-order chi connectivity index (χ1) is 9.27. The second kappa shape index (κ2) is 7.00. The molecule has 0 bridgehead atoms. The van der Waals surface area contributed by atoms with E-state index in [9.17, 15) is 4.79 Å². The highest BCUT2D eigenvalue weighted by Crippen LogP contribution is 2.16. The van der Waals surface area contributed by atoms with E-state index in [2.05, 4.69) is 12.1 Å². The van der Waals surface area contributed by atoms with Gasteiger partial charge in [0.15, 0.2) is 0 Å². The Balaban J connectivity index is 1.85. The fourth-order valence-corrected chi connectivity index (χ4v) is 2.83. The number of benzene rings is 2. The van der Waals surface area contributed by atoms with Crippen LogP contribution in [0.4, 0.5) is 0 Å². The van der Waals surface area contributed by atoms with Crippen LogP contribution in [0.2, 0.25) is 0 Å². The maximum absolute atomic E-state index is 11.1. The molecule has 0 saturated heterocycles. The van der Waals surface area contributed by atoms with Gasteiger partial charge in [0.05, 0.1) is 5.56 Å². The number of rotatable bonds is 6. The van der Waals surface area contributed by atoms with Crippen LogP contribution < -0.4 is 0 Å². The summed E-state index contributed by atoms with van der Waals surface area (Å²) in [5.41, 5.74) is 2.64. The van der Waals surface area contributed by atoms with Gasteiger partial charge in [-0.1, -0.05) is 48.5 Å². The number of carboxylic acids is 1. The van der Waals surface area contributed by atoms with Crippen molar-refractivity contribution in [2.45, 2.75) is 12.2 Å². The minimum Gasteiger partial charge on any atom is -0.478 e. The smallest absolute Gasteiger partial charge is 0.335 e.